The third-order valence-electron chi connectivity index (χ3n) is 5.02. The van der Waals surface area contributed by atoms with Crippen molar-refractivity contribution in [3.63, 3.8) is 0 Å². The summed E-state index contributed by atoms with van der Waals surface area (Å²) in [5.41, 5.74) is 3.62. The Balaban J connectivity index is 0.00000107. The molecule has 1 aromatic carbocycles. The number of nitrogens with zero attached hydrogens (tertiary/aromatic N) is 3. The maximum absolute atomic E-state index is 12.0. The number of thiophene rings is 1. The molecule has 6 nitrogen and oxygen atoms in total. The van der Waals surface area contributed by atoms with Gasteiger partial charge in [-0.3, -0.25) is 14.8 Å². The Kier molecular flexibility index (Phi) is 12.6. The summed E-state index contributed by atoms with van der Waals surface area (Å²) in [4.78, 5) is 24.3. The second kappa shape index (κ2) is 14.6. The van der Waals surface area contributed by atoms with Crippen molar-refractivity contribution in [1.82, 2.24) is 0 Å². The highest BCUT2D eigenvalue weighted by Crippen LogP contribution is 2.40. The van der Waals surface area contributed by atoms with E-state index in [-0.39, 0.29) is 25.0 Å². The number of hydrogen-bond donors (Lipinski definition) is 1. The van der Waals surface area contributed by atoms with Gasteiger partial charge in [0, 0.05) is 34.6 Å². The van der Waals surface area contributed by atoms with Crippen molar-refractivity contribution in [3.05, 3.63) is 50.9 Å². The summed E-state index contributed by atoms with van der Waals surface area (Å²) in [6, 6.07) is 7.19. The molecule has 0 fully saturated rings. The Morgan fingerprint density at radius 2 is 1.91 bits per heavy atom. The van der Waals surface area contributed by atoms with E-state index in [9.17, 15) is 9.90 Å². The van der Waals surface area contributed by atoms with Gasteiger partial charge in [0.2, 0.25) is 0 Å². The molecule has 1 aromatic heterocycles. The van der Waals surface area contributed by atoms with Crippen molar-refractivity contribution in [1.29, 1.82) is 0 Å². The molecule has 184 valence electrons. The molecule has 2 aromatic rings. The molecule has 8 heteroatoms. The monoisotopic (exact) mass is 503 g/mol. The van der Waals surface area contributed by atoms with Crippen LogP contribution in [0.15, 0.2) is 34.3 Å². The number of terminal acetylenes is 1. The Morgan fingerprint density at radius 1 is 1.32 bits per heavy atom. The molecular formula is C26H34ClN3O3S. The number of aliphatic imine (C=N–C) groups is 2. The number of rotatable bonds is 4. The molecule has 1 N–H and O–H groups in total. The number of carbonyl (C=O) groups is 1. The third-order valence-corrected chi connectivity index (χ3v) is 6.57. The van der Waals surface area contributed by atoms with Crippen LogP contribution in [0.2, 0.25) is 5.02 Å². The number of methoxy groups -OCH3 is 1. The van der Waals surface area contributed by atoms with Gasteiger partial charge in [-0.1, -0.05) is 44.0 Å². The molecule has 34 heavy (non-hydrogen) atoms. The molecule has 0 aliphatic carbocycles. The fourth-order valence-corrected chi connectivity index (χ4v) is 4.71. The van der Waals surface area contributed by atoms with Gasteiger partial charge in [0.25, 0.3) is 0 Å². The van der Waals surface area contributed by atoms with Crippen molar-refractivity contribution < 1.29 is 14.6 Å². The van der Waals surface area contributed by atoms with Crippen molar-refractivity contribution in [2.24, 2.45) is 9.98 Å². The van der Waals surface area contributed by atoms with Crippen LogP contribution in [0.1, 0.15) is 55.2 Å². The topological polar surface area (TPSA) is 74.5 Å². The quantitative estimate of drug-likeness (QED) is 0.258. The number of anilines is 1. The molecule has 1 unspecified atom stereocenters. The van der Waals surface area contributed by atoms with Crippen LogP contribution in [-0.2, 0) is 16.1 Å². The summed E-state index contributed by atoms with van der Waals surface area (Å²) in [5.74, 6) is 0.512. The second-order valence-electron chi connectivity index (χ2n) is 7.50. The summed E-state index contributed by atoms with van der Waals surface area (Å²) >= 11 is 7.61. The molecule has 1 atom stereocenters. The Labute approximate surface area is 212 Å². The number of hydrogen-bond acceptors (Lipinski definition) is 6. The zero-order chi connectivity index (χ0) is 25.8. The molecule has 1 aliphatic heterocycles. The highest BCUT2D eigenvalue weighted by molar-refractivity contribution is 7.17. The van der Waals surface area contributed by atoms with E-state index in [1.54, 1.807) is 7.05 Å². The number of ether oxygens (including phenoxy) is 1. The zero-order valence-corrected chi connectivity index (χ0v) is 22.3. The number of aliphatic hydroxyl groups is 1. The lowest BCUT2D eigenvalue weighted by molar-refractivity contribution is -0.140. The van der Waals surface area contributed by atoms with Gasteiger partial charge in [0.15, 0.2) is 0 Å². The van der Waals surface area contributed by atoms with Gasteiger partial charge in [-0.15, -0.1) is 24.2 Å². The fourth-order valence-electron chi connectivity index (χ4n) is 3.36. The van der Waals surface area contributed by atoms with Crippen LogP contribution in [-0.4, -0.2) is 49.4 Å². The van der Waals surface area contributed by atoms with Crippen molar-refractivity contribution in [2.75, 3.05) is 25.6 Å². The Morgan fingerprint density at radius 3 is 2.41 bits per heavy atom. The smallest absolute Gasteiger partial charge is 0.307 e. The molecule has 0 saturated heterocycles. The first-order valence-corrected chi connectivity index (χ1v) is 12.2. The normalized spacial score (nSPS) is 15.0. The second-order valence-corrected chi connectivity index (χ2v) is 9.02. The van der Waals surface area contributed by atoms with Crippen LogP contribution in [0, 0.1) is 19.8 Å². The van der Waals surface area contributed by atoms with Crippen molar-refractivity contribution >= 4 is 45.5 Å². The van der Waals surface area contributed by atoms with Gasteiger partial charge in [-0.05, 0) is 31.5 Å². The van der Waals surface area contributed by atoms with Crippen LogP contribution in [0.25, 0.3) is 0 Å². The molecule has 1 aliphatic rings. The van der Waals surface area contributed by atoms with E-state index in [1.165, 1.54) is 24.9 Å². The largest absolute Gasteiger partial charge is 0.469 e. The average molecular weight is 504 g/mol. The number of aliphatic hydroxyl groups excluding tert-OH is 1. The van der Waals surface area contributed by atoms with E-state index >= 15 is 0 Å². The minimum atomic E-state index is -0.307. The highest BCUT2D eigenvalue weighted by atomic mass is 35.5. The van der Waals surface area contributed by atoms with E-state index in [0.29, 0.717) is 11.6 Å². The number of carbonyl (C=O) groups excluding carboxylic acids is 1. The number of benzene rings is 1. The van der Waals surface area contributed by atoms with Crippen LogP contribution in [0.4, 0.5) is 5.00 Å². The molecule has 3 rings (SSSR count). The molecule has 0 amide bonds. The fraction of sp³-hybridized carbons (Fsp3) is 0.423. The average Bonchev–Trinajstić information content (AvgIpc) is 3.08. The lowest BCUT2D eigenvalue weighted by Gasteiger charge is -2.24. The molecule has 0 spiro atoms. The number of esters is 1. The first-order valence-electron chi connectivity index (χ1n) is 11.0. The van der Waals surface area contributed by atoms with Gasteiger partial charge in [0.05, 0.1) is 31.9 Å². The first kappa shape index (κ1) is 29.4. The maximum Gasteiger partial charge on any atom is 0.307 e. The minimum Gasteiger partial charge on any atom is -0.469 e. The number of amidine groups is 1. The number of fused-ring (bicyclic) bond motifs is 1. The van der Waals surface area contributed by atoms with Gasteiger partial charge >= 0.3 is 5.97 Å². The molecule has 0 saturated carbocycles. The van der Waals surface area contributed by atoms with Gasteiger partial charge < -0.3 is 14.7 Å². The summed E-state index contributed by atoms with van der Waals surface area (Å²) in [7, 11) is 3.12. The van der Waals surface area contributed by atoms with Crippen LogP contribution in [0.5, 0.6) is 0 Å². The Hall–Kier alpha value is -2.66. The summed E-state index contributed by atoms with van der Waals surface area (Å²) in [5, 5.41) is 11.5. The van der Waals surface area contributed by atoms with E-state index in [4.69, 9.17) is 21.3 Å². The van der Waals surface area contributed by atoms with Crippen molar-refractivity contribution in [3.8, 4) is 12.8 Å². The van der Waals surface area contributed by atoms with Crippen LogP contribution in [0.3, 0.4) is 0 Å². The Bertz CT molecular complexity index is 1030. The van der Waals surface area contributed by atoms with E-state index in [1.807, 2.05) is 38.1 Å². The van der Waals surface area contributed by atoms with E-state index in [2.05, 4.69) is 36.6 Å². The zero-order valence-electron chi connectivity index (χ0n) is 20.8. The lowest BCUT2D eigenvalue weighted by Crippen LogP contribution is -2.35. The summed E-state index contributed by atoms with van der Waals surface area (Å²) in [6.07, 6.45) is 9.42. The van der Waals surface area contributed by atoms with Gasteiger partial charge in [0.1, 0.15) is 10.8 Å². The van der Waals surface area contributed by atoms with Crippen molar-refractivity contribution in [2.45, 2.75) is 53.2 Å². The minimum absolute atomic E-state index is 0.0425. The van der Waals surface area contributed by atoms with Crippen LogP contribution < -0.4 is 4.90 Å². The lowest BCUT2D eigenvalue weighted by atomic mass is 9.99. The van der Waals surface area contributed by atoms with Crippen LogP contribution >= 0.6 is 22.9 Å². The van der Waals surface area contributed by atoms with Gasteiger partial charge in [-0.25, -0.2) is 0 Å². The maximum atomic E-state index is 12.0. The molecule has 2 heterocycles. The predicted octanol–water partition coefficient (Wildman–Crippen LogP) is 5.51. The highest BCUT2D eigenvalue weighted by Gasteiger charge is 2.31. The van der Waals surface area contributed by atoms with E-state index in [0.717, 1.165) is 38.1 Å². The summed E-state index contributed by atoms with van der Waals surface area (Å²) in [6.45, 7) is 8.62. The SMILES string of the molecule is C#C.CCC.CN=C(C)N1CC(CC(=O)OC)N=C(c2ccc(Cl)cc2)c2c1sc(CO)c2C. The summed E-state index contributed by atoms with van der Waals surface area (Å²) < 4.78 is 4.89. The molecule has 0 radical (unpaired) electrons. The van der Waals surface area contributed by atoms with E-state index < -0.39 is 0 Å². The standard InChI is InChI=1S/C21H24ClN3O3S.C3H8.C2H2/c1-12-17(11-26)29-21-19(12)20(14-5-7-15(22)8-6-14)24-16(9-18(27)28-4)10-25(21)13(2)23-3;1-3-2;1-2/h5-8,16,26H,9-11H2,1-4H3;3H2,1-2H3;1-2H. The van der Waals surface area contributed by atoms with Gasteiger partial charge in [-0.2, -0.15) is 0 Å². The first-order chi connectivity index (χ1) is 16.3. The number of halogens is 1. The molecular weight excluding hydrogens is 470 g/mol. The predicted molar refractivity (Wildman–Crippen MR) is 145 cm³/mol. The third kappa shape index (κ3) is 7.17. The molecule has 0 bridgehead atoms.